The minimum atomic E-state index is -3.97. The topological polar surface area (TPSA) is 99.8 Å². The first kappa shape index (κ1) is 22.9. The zero-order chi connectivity index (χ0) is 22.1. The molecule has 1 saturated heterocycles. The second kappa shape index (κ2) is 9.13. The number of hydrazine groups is 1. The van der Waals surface area contributed by atoms with Gasteiger partial charge in [-0.1, -0.05) is 0 Å². The Labute approximate surface area is 175 Å². The number of rotatable bonds is 7. The second-order valence-electron chi connectivity index (χ2n) is 7.95. The van der Waals surface area contributed by atoms with Crippen LogP contribution < -0.4 is 20.9 Å². The van der Waals surface area contributed by atoms with E-state index in [0.717, 1.165) is 9.87 Å². The molecule has 1 amide bonds. The summed E-state index contributed by atoms with van der Waals surface area (Å²) < 4.78 is 59.1. The lowest BCUT2D eigenvalue weighted by Crippen LogP contribution is -2.54. The summed E-state index contributed by atoms with van der Waals surface area (Å²) in [5, 5.41) is 1.64. The van der Waals surface area contributed by atoms with Crippen molar-refractivity contribution in [2.24, 2.45) is 11.8 Å². The Morgan fingerprint density at radius 2 is 2.10 bits per heavy atom. The van der Waals surface area contributed by atoms with E-state index >= 15 is 0 Å². The summed E-state index contributed by atoms with van der Waals surface area (Å²) in [6.45, 7) is 1.86. The van der Waals surface area contributed by atoms with Gasteiger partial charge in [-0.2, -0.15) is 4.31 Å². The first-order chi connectivity index (χ1) is 14.1. The number of ether oxygens (including phenoxy) is 1. The van der Waals surface area contributed by atoms with Crippen LogP contribution in [0.3, 0.4) is 0 Å². The van der Waals surface area contributed by atoms with Crippen molar-refractivity contribution < 1.29 is 26.7 Å². The lowest BCUT2D eigenvalue weighted by atomic mass is 9.79. The zero-order valence-electron chi connectivity index (χ0n) is 17.2. The maximum absolute atomic E-state index is 13.4. The summed E-state index contributed by atoms with van der Waals surface area (Å²) in [4.78, 5) is 12.4. The van der Waals surface area contributed by atoms with Crippen LogP contribution in [0.25, 0.3) is 0 Å². The fourth-order valence-corrected chi connectivity index (χ4v) is 6.21. The molecule has 2 fully saturated rings. The van der Waals surface area contributed by atoms with Crippen LogP contribution in [0.15, 0.2) is 18.2 Å². The quantitative estimate of drug-likeness (QED) is 0.585. The molecule has 2 aliphatic rings. The van der Waals surface area contributed by atoms with Gasteiger partial charge >= 0.3 is 0 Å². The number of nitrogens with one attached hydrogen (secondary N) is 3. The number of sulfonamides is 1. The van der Waals surface area contributed by atoms with Crippen LogP contribution >= 0.6 is 0 Å². The van der Waals surface area contributed by atoms with E-state index < -0.39 is 46.1 Å². The summed E-state index contributed by atoms with van der Waals surface area (Å²) >= 11 is 0. The van der Waals surface area contributed by atoms with Crippen molar-refractivity contribution in [2.75, 3.05) is 32.6 Å². The zero-order valence-corrected chi connectivity index (χ0v) is 18.0. The van der Waals surface area contributed by atoms with Crippen LogP contribution in [0.1, 0.15) is 18.4 Å². The highest BCUT2D eigenvalue weighted by Crippen LogP contribution is 2.38. The van der Waals surface area contributed by atoms with E-state index in [1.165, 1.54) is 7.05 Å². The summed E-state index contributed by atoms with van der Waals surface area (Å²) in [6, 6.07) is 4.63. The SMILES string of the molecule is COc1ccc(NC(=O)CN(C)S(=O)(=O)C2CC(C(F)F)CC3CNNC32)cc1C. The number of halogens is 2. The minimum Gasteiger partial charge on any atom is -0.496 e. The van der Waals surface area contributed by atoms with Crippen LogP contribution in [0.2, 0.25) is 0 Å². The standard InChI is InChI=1S/C19H28F2N4O4S/c1-11-6-14(4-5-15(11)29-3)23-17(26)10-25(2)30(27,28)16-8-12(19(20)21)7-13-9-22-24-18(13)16/h4-6,12-13,16,18-19,22,24H,7-10H2,1-3H3,(H,23,26). The summed E-state index contributed by atoms with van der Waals surface area (Å²) in [6.07, 6.45) is -2.44. The average molecular weight is 447 g/mol. The van der Waals surface area contributed by atoms with E-state index in [1.54, 1.807) is 25.3 Å². The molecule has 11 heteroatoms. The maximum atomic E-state index is 13.4. The van der Waals surface area contributed by atoms with Crippen molar-refractivity contribution in [2.45, 2.75) is 37.5 Å². The van der Waals surface area contributed by atoms with Gasteiger partial charge in [-0.25, -0.2) is 17.2 Å². The average Bonchev–Trinajstić information content (AvgIpc) is 3.15. The molecular weight excluding hydrogens is 418 g/mol. The van der Waals surface area contributed by atoms with Crippen molar-refractivity contribution >= 4 is 21.6 Å². The number of hydrogen-bond donors (Lipinski definition) is 3. The van der Waals surface area contributed by atoms with Gasteiger partial charge < -0.3 is 10.1 Å². The lowest BCUT2D eigenvalue weighted by molar-refractivity contribution is -0.116. The molecule has 1 saturated carbocycles. The lowest BCUT2D eigenvalue weighted by Gasteiger charge is -2.38. The number of likely N-dealkylation sites (N-methyl/N-ethyl adjacent to an activating group) is 1. The molecule has 1 heterocycles. The smallest absolute Gasteiger partial charge is 0.241 e. The molecule has 4 atom stereocenters. The molecule has 1 aromatic rings. The number of benzene rings is 1. The van der Waals surface area contributed by atoms with Gasteiger partial charge in [-0.05, 0) is 49.4 Å². The van der Waals surface area contributed by atoms with Gasteiger partial charge in [0.2, 0.25) is 22.4 Å². The van der Waals surface area contributed by atoms with Crippen LogP contribution in [0.5, 0.6) is 5.75 Å². The van der Waals surface area contributed by atoms with E-state index in [9.17, 15) is 22.0 Å². The highest BCUT2D eigenvalue weighted by atomic mass is 32.2. The molecule has 0 aromatic heterocycles. The van der Waals surface area contributed by atoms with Crippen molar-refractivity contribution in [3.63, 3.8) is 0 Å². The number of methoxy groups -OCH3 is 1. The highest BCUT2D eigenvalue weighted by molar-refractivity contribution is 7.89. The summed E-state index contributed by atoms with van der Waals surface area (Å²) in [7, 11) is -1.12. The van der Waals surface area contributed by atoms with Gasteiger partial charge in [0.15, 0.2) is 0 Å². The predicted octanol–water partition coefficient (Wildman–Crippen LogP) is 1.34. The Hall–Kier alpha value is -1.82. The molecule has 30 heavy (non-hydrogen) atoms. The van der Waals surface area contributed by atoms with Gasteiger partial charge in [0.05, 0.1) is 18.9 Å². The molecule has 0 spiro atoms. The molecule has 1 aliphatic carbocycles. The molecule has 1 aromatic carbocycles. The number of alkyl halides is 2. The van der Waals surface area contributed by atoms with Crippen LogP contribution in [-0.2, 0) is 14.8 Å². The number of aryl methyl sites for hydroxylation is 1. The largest absolute Gasteiger partial charge is 0.496 e. The first-order valence-electron chi connectivity index (χ1n) is 9.79. The van der Waals surface area contributed by atoms with Gasteiger partial charge in [0.25, 0.3) is 0 Å². The molecule has 8 nitrogen and oxygen atoms in total. The van der Waals surface area contributed by atoms with Crippen molar-refractivity contribution in [3.8, 4) is 5.75 Å². The normalized spacial score (nSPS) is 26.6. The third-order valence-electron chi connectivity index (χ3n) is 5.90. The third-order valence-corrected chi connectivity index (χ3v) is 8.15. The van der Waals surface area contributed by atoms with E-state index in [2.05, 4.69) is 16.2 Å². The Morgan fingerprint density at radius 1 is 1.37 bits per heavy atom. The van der Waals surface area contributed by atoms with Crippen LogP contribution in [0.4, 0.5) is 14.5 Å². The Morgan fingerprint density at radius 3 is 2.73 bits per heavy atom. The Bertz CT molecular complexity index is 883. The predicted molar refractivity (Wildman–Crippen MR) is 109 cm³/mol. The Kier molecular flexibility index (Phi) is 6.95. The van der Waals surface area contributed by atoms with Crippen molar-refractivity contribution in [1.29, 1.82) is 0 Å². The fraction of sp³-hybridized carbons (Fsp3) is 0.632. The number of amides is 1. The molecule has 3 N–H and O–H groups in total. The number of hydrogen-bond acceptors (Lipinski definition) is 6. The second-order valence-corrected chi connectivity index (χ2v) is 10.2. The number of carbonyl (C=O) groups excluding carboxylic acids is 1. The summed E-state index contributed by atoms with van der Waals surface area (Å²) in [5.74, 6) is -1.01. The third kappa shape index (κ3) is 4.74. The maximum Gasteiger partial charge on any atom is 0.241 e. The van der Waals surface area contributed by atoms with Crippen LogP contribution in [0, 0.1) is 18.8 Å². The molecule has 168 valence electrons. The van der Waals surface area contributed by atoms with E-state index in [0.29, 0.717) is 18.0 Å². The van der Waals surface area contributed by atoms with Gasteiger partial charge in [0, 0.05) is 31.2 Å². The summed E-state index contributed by atoms with van der Waals surface area (Å²) in [5.41, 5.74) is 7.15. The molecule has 0 bridgehead atoms. The number of nitrogens with zero attached hydrogens (tertiary/aromatic N) is 1. The monoisotopic (exact) mass is 446 g/mol. The van der Waals surface area contributed by atoms with Gasteiger partial charge in [-0.15, -0.1) is 0 Å². The molecule has 3 rings (SSSR count). The minimum absolute atomic E-state index is 0.139. The van der Waals surface area contributed by atoms with Crippen LogP contribution in [-0.4, -0.2) is 63.6 Å². The van der Waals surface area contributed by atoms with Crippen molar-refractivity contribution in [3.05, 3.63) is 23.8 Å². The number of carbonyl (C=O) groups is 1. The Balaban J connectivity index is 1.69. The number of anilines is 1. The van der Waals surface area contributed by atoms with E-state index in [1.807, 2.05) is 6.92 Å². The van der Waals surface area contributed by atoms with E-state index in [4.69, 9.17) is 4.74 Å². The van der Waals surface area contributed by atoms with Gasteiger partial charge in [0.1, 0.15) is 5.75 Å². The van der Waals surface area contributed by atoms with E-state index in [-0.39, 0.29) is 18.8 Å². The first-order valence-corrected chi connectivity index (χ1v) is 11.3. The fourth-order valence-electron chi connectivity index (χ4n) is 4.30. The highest BCUT2D eigenvalue weighted by Gasteiger charge is 2.49. The number of fused-ring (bicyclic) bond motifs is 1. The molecule has 1 aliphatic heterocycles. The van der Waals surface area contributed by atoms with Gasteiger partial charge in [-0.3, -0.25) is 15.6 Å². The molecule has 4 unspecified atom stereocenters. The molecular formula is C19H28F2N4O4S. The molecule has 0 radical (unpaired) electrons. The van der Waals surface area contributed by atoms with Crippen molar-refractivity contribution in [1.82, 2.24) is 15.2 Å².